The summed E-state index contributed by atoms with van der Waals surface area (Å²) in [5, 5.41) is 6.48. The molecule has 0 radical (unpaired) electrons. The molecule has 3 nitrogen and oxygen atoms in total. The van der Waals surface area contributed by atoms with Gasteiger partial charge in [0, 0.05) is 27.3 Å². The standard InChI is InChI=1S/C9H10BrNO2S2/c10-8-1-3-14-9(8)5-11-7-2-4-15(12,13)6-7/h1-4,7,11H,5-6H2. The van der Waals surface area contributed by atoms with Crippen molar-refractivity contribution >= 4 is 37.1 Å². The summed E-state index contributed by atoms with van der Waals surface area (Å²) in [7, 11) is -2.95. The molecule has 2 heterocycles. The van der Waals surface area contributed by atoms with Crippen LogP contribution in [0.2, 0.25) is 0 Å². The van der Waals surface area contributed by atoms with E-state index in [0.29, 0.717) is 6.54 Å². The van der Waals surface area contributed by atoms with Crippen LogP contribution in [0.15, 0.2) is 27.4 Å². The fourth-order valence-corrected chi connectivity index (χ4v) is 4.09. The summed E-state index contributed by atoms with van der Waals surface area (Å²) in [4.78, 5) is 1.19. The minimum absolute atomic E-state index is 0.0519. The lowest BCUT2D eigenvalue weighted by atomic mass is 10.3. The Morgan fingerprint density at radius 1 is 1.60 bits per heavy atom. The van der Waals surface area contributed by atoms with E-state index in [1.807, 2.05) is 11.4 Å². The lowest BCUT2D eigenvalue weighted by molar-refractivity contribution is 0.591. The summed E-state index contributed by atoms with van der Waals surface area (Å²) < 4.78 is 23.3. The summed E-state index contributed by atoms with van der Waals surface area (Å²) >= 11 is 5.08. The Kier molecular flexibility index (Phi) is 3.30. The number of halogens is 1. The van der Waals surface area contributed by atoms with Crippen LogP contribution in [0.5, 0.6) is 0 Å². The van der Waals surface area contributed by atoms with Gasteiger partial charge in [-0.15, -0.1) is 11.3 Å². The van der Waals surface area contributed by atoms with Crippen molar-refractivity contribution in [3.63, 3.8) is 0 Å². The van der Waals surface area contributed by atoms with Gasteiger partial charge in [0.25, 0.3) is 0 Å². The van der Waals surface area contributed by atoms with Crippen LogP contribution in [0, 0.1) is 0 Å². The van der Waals surface area contributed by atoms with Gasteiger partial charge in [-0.05, 0) is 27.4 Å². The molecule has 1 aliphatic heterocycles. The lowest BCUT2D eigenvalue weighted by Crippen LogP contribution is -2.29. The second-order valence-corrected chi connectivity index (χ2v) is 7.12. The second-order valence-electron chi connectivity index (χ2n) is 3.34. The number of hydrogen-bond acceptors (Lipinski definition) is 4. The van der Waals surface area contributed by atoms with E-state index in [1.165, 1.54) is 10.3 Å². The van der Waals surface area contributed by atoms with Gasteiger partial charge in [0.05, 0.1) is 5.75 Å². The molecule has 1 aromatic heterocycles. The molecule has 0 aromatic carbocycles. The number of nitrogens with one attached hydrogen (secondary N) is 1. The molecule has 0 bridgehead atoms. The SMILES string of the molecule is O=S1(=O)C=CC(NCc2sccc2Br)C1. The van der Waals surface area contributed by atoms with Crippen molar-refractivity contribution in [2.24, 2.45) is 0 Å². The number of rotatable bonds is 3. The smallest absolute Gasteiger partial charge is 0.173 e. The minimum Gasteiger partial charge on any atom is -0.305 e. The first-order chi connectivity index (χ1) is 7.07. The molecule has 2 rings (SSSR count). The average molecular weight is 308 g/mol. The van der Waals surface area contributed by atoms with E-state index in [-0.39, 0.29) is 11.8 Å². The highest BCUT2D eigenvalue weighted by Crippen LogP contribution is 2.22. The van der Waals surface area contributed by atoms with E-state index in [2.05, 4.69) is 21.2 Å². The molecule has 0 spiro atoms. The maximum absolute atomic E-state index is 11.1. The summed E-state index contributed by atoms with van der Waals surface area (Å²) in [5.41, 5.74) is 0. The van der Waals surface area contributed by atoms with Crippen LogP contribution in [0.3, 0.4) is 0 Å². The zero-order chi connectivity index (χ0) is 10.9. The molecule has 82 valence electrons. The molecular weight excluding hydrogens is 298 g/mol. The van der Waals surface area contributed by atoms with E-state index in [4.69, 9.17) is 0 Å². The van der Waals surface area contributed by atoms with Gasteiger partial charge >= 0.3 is 0 Å². The van der Waals surface area contributed by atoms with Gasteiger partial charge in [-0.2, -0.15) is 0 Å². The Morgan fingerprint density at radius 3 is 2.93 bits per heavy atom. The van der Waals surface area contributed by atoms with Crippen LogP contribution < -0.4 is 5.32 Å². The van der Waals surface area contributed by atoms with Crippen molar-refractivity contribution in [2.45, 2.75) is 12.6 Å². The Bertz CT molecular complexity index is 478. The van der Waals surface area contributed by atoms with Crippen molar-refractivity contribution in [1.82, 2.24) is 5.32 Å². The largest absolute Gasteiger partial charge is 0.305 e. The third-order valence-corrected chi connectivity index (χ3v) is 5.47. The van der Waals surface area contributed by atoms with Gasteiger partial charge in [0.1, 0.15) is 0 Å². The summed E-state index contributed by atoms with van der Waals surface area (Å²) in [6.45, 7) is 0.697. The molecule has 1 unspecified atom stereocenters. The van der Waals surface area contributed by atoms with Crippen LogP contribution in [0.1, 0.15) is 4.88 Å². The molecule has 0 saturated heterocycles. The molecule has 1 N–H and O–H groups in total. The lowest BCUT2D eigenvalue weighted by Gasteiger charge is -2.08. The molecule has 0 aliphatic carbocycles. The second kappa shape index (κ2) is 4.37. The molecule has 1 aliphatic rings. The van der Waals surface area contributed by atoms with Crippen LogP contribution in [0.25, 0.3) is 0 Å². The molecule has 0 fully saturated rings. The Morgan fingerprint density at radius 2 is 2.40 bits per heavy atom. The van der Waals surface area contributed by atoms with E-state index < -0.39 is 9.84 Å². The van der Waals surface area contributed by atoms with Gasteiger partial charge in [0.15, 0.2) is 9.84 Å². The molecule has 15 heavy (non-hydrogen) atoms. The van der Waals surface area contributed by atoms with Crippen molar-refractivity contribution in [3.8, 4) is 0 Å². The van der Waals surface area contributed by atoms with Gasteiger partial charge in [-0.3, -0.25) is 0 Å². The predicted octanol–water partition coefficient (Wildman–Crippen LogP) is 1.91. The van der Waals surface area contributed by atoms with E-state index in [1.54, 1.807) is 17.4 Å². The topological polar surface area (TPSA) is 46.2 Å². The first kappa shape index (κ1) is 11.3. The molecule has 1 atom stereocenters. The van der Waals surface area contributed by atoms with E-state index in [0.717, 1.165) is 4.47 Å². The van der Waals surface area contributed by atoms with Crippen molar-refractivity contribution in [3.05, 3.63) is 32.3 Å². The number of hydrogen-bond donors (Lipinski definition) is 1. The van der Waals surface area contributed by atoms with Crippen molar-refractivity contribution in [1.29, 1.82) is 0 Å². The first-order valence-electron chi connectivity index (χ1n) is 4.43. The Balaban J connectivity index is 1.91. The van der Waals surface area contributed by atoms with Crippen molar-refractivity contribution in [2.75, 3.05) is 5.75 Å². The number of thiophene rings is 1. The van der Waals surface area contributed by atoms with Gasteiger partial charge in [0.2, 0.25) is 0 Å². The molecular formula is C9H10BrNO2S2. The van der Waals surface area contributed by atoms with Crippen LogP contribution in [0.4, 0.5) is 0 Å². The fourth-order valence-electron chi connectivity index (χ4n) is 1.38. The maximum atomic E-state index is 11.1. The summed E-state index contributed by atoms with van der Waals surface area (Å²) in [6, 6.07) is 1.94. The monoisotopic (exact) mass is 307 g/mol. The predicted molar refractivity (Wildman–Crippen MR) is 65.6 cm³/mol. The molecule has 6 heteroatoms. The van der Waals surface area contributed by atoms with Crippen LogP contribution in [-0.4, -0.2) is 20.2 Å². The van der Waals surface area contributed by atoms with Gasteiger partial charge in [-0.25, -0.2) is 8.42 Å². The fraction of sp³-hybridized carbons (Fsp3) is 0.333. The zero-order valence-corrected chi connectivity index (χ0v) is 11.0. The Hall–Kier alpha value is -0.170. The Labute approximate surface area is 101 Å². The molecule has 1 aromatic rings. The molecule has 0 amide bonds. The van der Waals surface area contributed by atoms with Crippen molar-refractivity contribution < 1.29 is 8.42 Å². The summed E-state index contributed by atoms with van der Waals surface area (Å²) in [6.07, 6.45) is 1.71. The first-order valence-corrected chi connectivity index (χ1v) is 7.82. The highest BCUT2D eigenvalue weighted by Gasteiger charge is 2.21. The normalized spacial score (nSPS) is 23.4. The maximum Gasteiger partial charge on any atom is 0.173 e. The van der Waals surface area contributed by atoms with E-state index in [9.17, 15) is 8.42 Å². The van der Waals surface area contributed by atoms with Gasteiger partial charge < -0.3 is 5.32 Å². The van der Waals surface area contributed by atoms with E-state index >= 15 is 0 Å². The van der Waals surface area contributed by atoms with Crippen LogP contribution in [-0.2, 0) is 16.4 Å². The third-order valence-electron chi connectivity index (χ3n) is 2.15. The van der Waals surface area contributed by atoms with Crippen LogP contribution >= 0.6 is 27.3 Å². The highest BCUT2D eigenvalue weighted by atomic mass is 79.9. The third kappa shape index (κ3) is 2.90. The quantitative estimate of drug-likeness (QED) is 0.928. The highest BCUT2D eigenvalue weighted by molar-refractivity contribution is 9.10. The molecule has 0 saturated carbocycles. The minimum atomic E-state index is -2.95. The summed E-state index contributed by atoms with van der Waals surface area (Å²) in [5.74, 6) is 0.177. The number of sulfone groups is 1. The average Bonchev–Trinajstić information content (AvgIpc) is 2.69. The zero-order valence-electron chi connectivity index (χ0n) is 7.81. The van der Waals surface area contributed by atoms with Gasteiger partial charge in [-0.1, -0.05) is 6.08 Å².